The minimum atomic E-state index is -0.453. The zero-order chi connectivity index (χ0) is 18.7. The van der Waals surface area contributed by atoms with E-state index in [0.717, 1.165) is 5.56 Å². The Labute approximate surface area is 150 Å². The number of hydrogen-bond acceptors (Lipinski definition) is 7. The van der Waals surface area contributed by atoms with Crippen LogP contribution in [0, 0.1) is 17.0 Å². The number of nitrogens with zero attached hydrogens (tertiary/aromatic N) is 1. The van der Waals surface area contributed by atoms with Gasteiger partial charge >= 0.3 is 0 Å². The number of ether oxygens (including phenoxy) is 5. The Bertz CT molecular complexity index is 810. The van der Waals surface area contributed by atoms with Gasteiger partial charge in [-0.3, -0.25) is 10.1 Å². The molecule has 1 aliphatic heterocycles. The number of hydrogen-bond donors (Lipinski definition) is 0. The van der Waals surface area contributed by atoms with Gasteiger partial charge in [0, 0.05) is 23.3 Å². The van der Waals surface area contributed by atoms with Gasteiger partial charge in [-0.05, 0) is 24.6 Å². The van der Waals surface area contributed by atoms with E-state index in [9.17, 15) is 10.1 Å². The Morgan fingerprint density at radius 1 is 1.15 bits per heavy atom. The largest absolute Gasteiger partial charge is 0.493 e. The first kappa shape index (κ1) is 17.8. The number of rotatable bonds is 6. The van der Waals surface area contributed by atoms with E-state index in [1.165, 1.54) is 26.4 Å². The summed E-state index contributed by atoms with van der Waals surface area (Å²) in [6, 6.07) is 6.54. The summed E-state index contributed by atoms with van der Waals surface area (Å²) in [7, 11) is 3.08. The molecule has 0 fully saturated rings. The molecule has 8 nitrogen and oxygen atoms in total. The van der Waals surface area contributed by atoms with Gasteiger partial charge in [0.25, 0.3) is 5.69 Å². The van der Waals surface area contributed by atoms with Crippen LogP contribution in [0.1, 0.15) is 16.7 Å². The van der Waals surface area contributed by atoms with Gasteiger partial charge in [0.1, 0.15) is 12.4 Å². The lowest BCUT2D eigenvalue weighted by atomic mass is 10.1. The molecule has 0 aromatic heterocycles. The lowest BCUT2D eigenvalue weighted by molar-refractivity contribution is -0.385. The van der Waals surface area contributed by atoms with E-state index in [1.54, 1.807) is 0 Å². The second-order valence-corrected chi connectivity index (χ2v) is 5.75. The number of benzene rings is 2. The summed E-state index contributed by atoms with van der Waals surface area (Å²) in [4.78, 5) is 10.7. The molecule has 3 rings (SSSR count). The first-order valence-corrected chi connectivity index (χ1v) is 7.89. The van der Waals surface area contributed by atoms with Crippen molar-refractivity contribution in [3.05, 3.63) is 51.1 Å². The lowest BCUT2D eigenvalue weighted by Gasteiger charge is -2.21. The number of aryl methyl sites for hydroxylation is 1. The normalized spacial score (nSPS) is 12.7. The average molecular weight is 361 g/mol. The van der Waals surface area contributed by atoms with Crippen molar-refractivity contribution in [2.45, 2.75) is 20.1 Å². The maximum Gasteiger partial charge on any atom is 0.270 e. The third-order valence-electron chi connectivity index (χ3n) is 3.96. The predicted octanol–water partition coefficient (Wildman–Crippen LogP) is 3.37. The maximum atomic E-state index is 11.2. The van der Waals surface area contributed by atoms with Gasteiger partial charge < -0.3 is 23.7 Å². The minimum absolute atomic E-state index is 0.0423. The van der Waals surface area contributed by atoms with Crippen molar-refractivity contribution in [1.82, 2.24) is 0 Å². The van der Waals surface area contributed by atoms with Crippen molar-refractivity contribution in [3.8, 4) is 23.0 Å². The van der Waals surface area contributed by atoms with Crippen LogP contribution >= 0.6 is 0 Å². The fourth-order valence-corrected chi connectivity index (χ4v) is 2.80. The van der Waals surface area contributed by atoms with Gasteiger partial charge in [0.2, 0.25) is 5.75 Å². The molecule has 1 aliphatic rings. The van der Waals surface area contributed by atoms with Crippen LogP contribution in [0.5, 0.6) is 23.0 Å². The highest BCUT2D eigenvalue weighted by molar-refractivity contribution is 5.54. The van der Waals surface area contributed by atoms with Crippen molar-refractivity contribution < 1.29 is 28.6 Å². The van der Waals surface area contributed by atoms with Gasteiger partial charge in [-0.25, -0.2) is 0 Å². The smallest absolute Gasteiger partial charge is 0.270 e. The van der Waals surface area contributed by atoms with E-state index in [-0.39, 0.29) is 25.7 Å². The van der Waals surface area contributed by atoms with Crippen LogP contribution in [-0.4, -0.2) is 25.9 Å². The zero-order valence-electron chi connectivity index (χ0n) is 14.7. The highest BCUT2D eigenvalue weighted by Crippen LogP contribution is 2.40. The highest BCUT2D eigenvalue weighted by Gasteiger charge is 2.22. The van der Waals surface area contributed by atoms with Crippen molar-refractivity contribution in [2.75, 3.05) is 21.0 Å². The van der Waals surface area contributed by atoms with Crippen LogP contribution < -0.4 is 18.9 Å². The molecule has 0 atom stereocenters. The molecule has 138 valence electrons. The fourth-order valence-electron chi connectivity index (χ4n) is 2.80. The number of fused-ring (bicyclic) bond motifs is 1. The molecule has 2 aromatic carbocycles. The summed E-state index contributed by atoms with van der Waals surface area (Å²) in [5, 5.41) is 11.2. The molecular formula is C18H19NO7. The number of nitro groups is 1. The molecule has 0 aliphatic carbocycles. The number of non-ortho nitro benzene ring substituents is 1. The monoisotopic (exact) mass is 361 g/mol. The summed E-state index contributed by atoms with van der Waals surface area (Å²) in [6.07, 6.45) is 0. The van der Waals surface area contributed by atoms with E-state index in [1.807, 2.05) is 19.1 Å². The third-order valence-corrected chi connectivity index (χ3v) is 3.96. The molecule has 26 heavy (non-hydrogen) atoms. The van der Waals surface area contributed by atoms with Crippen molar-refractivity contribution >= 4 is 5.69 Å². The maximum absolute atomic E-state index is 11.2. The van der Waals surface area contributed by atoms with Crippen LogP contribution in [0.4, 0.5) is 5.69 Å². The Morgan fingerprint density at radius 3 is 2.46 bits per heavy atom. The SMILES string of the molecule is COc1cc(C)cc(OC)c1OCc1cc([N+](=O)[O-])cc2c1OCOC2. The molecule has 2 aromatic rings. The van der Waals surface area contributed by atoms with Crippen molar-refractivity contribution in [1.29, 1.82) is 0 Å². The molecule has 0 spiro atoms. The Balaban J connectivity index is 1.95. The number of nitro benzene ring substituents is 1. The topological polar surface area (TPSA) is 89.3 Å². The van der Waals surface area contributed by atoms with E-state index in [4.69, 9.17) is 23.7 Å². The van der Waals surface area contributed by atoms with Gasteiger partial charge in [-0.1, -0.05) is 0 Å². The van der Waals surface area contributed by atoms with Crippen LogP contribution in [0.25, 0.3) is 0 Å². The first-order valence-electron chi connectivity index (χ1n) is 7.89. The zero-order valence-corrected chi connectivity index (χ0v) is 14.7. The molecule has 0 N–H and O–H groups in total. The average Bonchev–Trinajstić information content (AvgIpc) is 2.65. The summed E-state index contributed by atoms with van der Waals surface area (Å²) >= 11 is 0. The van der Waals surface area contributed by atoms with Gasteiger partial charge in [-0.2, -0.15) is 0 Å². The van der Waals surface area contributed by atoms with Crippen LogP contribution in [0.3, 0.4) is 0 Å². The molecular weight excluding hydrogens is 342 g/mol. The number of methoxy groups -OCH3 is 2. The molecule has 0 saturated heterocycles. The molecule has 8 heteroatoms. The summed E-state index contributed by atoms with van der Waals surface area (Å²) < 4.78 is 27.4. The Hall–Kier alpha value is -3.00. The standard InChI is InChI=1S/C18H19NO7/c1-11-4-15(22-2)18(16(5-11)23-3)25-9-13-7-14(19(20)21)6-12-8-24-10-26-17(12)13/h4-7H,8-10H2,1-3H3. The van der Waals surface area contributed by atoms with Crippen LogP contribution in [0.2, 0.25) is 0 Å². The van der Waals surface area contributed by atoms with Gasteiger partial charge in [-0.15, -0.1) is 0 Å². The predicted molar refractivity (Wildman–Crippen MR) is 92.0 cm³/mol. The second kappa shape index (κ2) is 7.49. The second-order valence-electron chi connectivity index (χ2n) is 5.75. The van der Waals surface area contributed by atoms with Crippen molar-refractivity contribution in [3.63, 3.8) is 0 Å². The molecule has 0 bridgehead atoms. The van der Waals surface area contributed by atoms with E-state index < -0.39 is 4.92 Å². The van der Waals surface area contributed by atoms with Crippen molar-refractivity contribution in [2.24, 2.45) is 0 Å². The van der Waals surface area contributed by atoms with E-state index in [0.29, 0.717) is 34.1 Å². The molecule has 0 unspecified atom stereocenters. The summed E-state index contributed by atoms with van der Waals surface area (Å²) in [5.74, 6) is 2.01. The first-order chi connectivity index (χ1) is 12.5. The summed E-state index contributed by atoms with van der Waals surface area (Å²) in [5.41, 5.74) is 2.09. The highest BCUT2D eigenvalue weighted by atomic mass is 16.7. The Morgan fingerprint density at radius 2 is 1.85 bits per heavy atom. The van der Waals surface area contributed by atoms with Crippen LogP contribution in [-0.2, 0) is 18.0 Å². The quantitative estimate of drug-likeness (QED) is 0.575. The van der Waals surface area contributed by atoms with E-state index in [2.05, 4.69) is 0 Å². The molecule has 0 saturated carbocycles. The molecule has 0 amide bonds. The minimum Gasteiger partial charge on any atom is -0.493 e. The lowest BCUT2D eigenvalue weighted by Crippen LogP contribution is -2.14. The fraction of sp³-hybridized carbons (Fsp3) is 0.333. The molecule has 1 heterocycles. The summed E-state index contributed by atoms with van der Waals surface area (Å²) in [6.45, 7) is 2.32. The third kappa shape index (κ3) is 3.50. The molecule has 0 radical (unpaired) electrons. The van der Waals surface area contributed by atoms with Crippen LogP contribution in [0.15, 0.2) is 24.3 Å². The Kier molecular flexibility index (Phi) is 5.13. The van der Waals surface area contributed by atoms with E-state index >= 15 is 0 Å². The van der Waals surface area contributed by atoms with Gasteiger partial charge in [0.05, 0.1) is 25.7 Å². The van der Waals surface area contributed by atoms with Gasteiger partial charge in [0.15, 0.2) is 18.3 Å².